The van der Waals surface area contributed by atoms with E-state index in [1.54, 1.807) is 0 Å². The van der Waals surface area contributed by atoms with Crippen molar-refractivity contribution in [2.24, 2.45) is 5.41 Å². The molecule has 0 unspecified atom stereocenters. The van der Waals surface area contributed by atoms with Crippen molar-refractivity contribution in [1.82, 2.24) is 0 Å². The molecule has 1 aromatic carbocycles. The van der Waals surface area contributed by atoms with Crippen LogP contribution in [-0.2, 0) is 17.6 Å². The first-order valence-electron chi connectivity index (χ1n) is 5.23. The van der Waals surface area contributed by atoms with Crippen molar-refractivity contribution in [1.29, 1.82) is 0 Å². The average Bonchev–Trinajstić information content (AvgIpc) is 2.55. The van der Waals surface area contributed by atoms with Gasteiger partial charge in [0.25, 0.3) is 0 Å². The van der Waals surface area contributed by atoms with E-state index in [0.29, 0.717) is 6.54 Å². The Hall–Kier alpha value is -1.35. The normalized spacial score (nSPS) is 17.4. The molecule has 0 saturated carbocycles. The van der Waals surface area contributed by atoms with E-state index < -0.39 is 5.97 Å². The number of hydrogen-bond acceptors (Lipinski definition) is 1. The molecule has 3 heteroatoms. The third-order valence-corrected chi connectivity index (χ3v) is 3.31. The van der Waals surface area contributed by atoms with Crippen LogP contribution >= 0.6 is 0 Å². The average molecular weight is 206 g/mol. The lowest BCUT2D eigenvalue weighted by Gasteiger charge is -2.22. The molecule has 4 N–H and O–H groups in total. The summed E-state index contributed by atoms with van der Waals surface area (Å²) in [5, 5.41) is 8.92. The van der Waals surface area contributed by atoms with Crippen LogP contribution in [0.5, 0.6) is 0 Å². The Morgan fingerprint density at radius 3 is 2.27 bits per heavy atom. The molecule has 1 aliphatic rings. The number of carboxylic acid groups (broad SMARTS) is 1. The van der Waals surface area contributed by atoms with E-state index in [0.717, 1.165) is 12.8 Å². The molecular formula is C12H16NO2+. The second-order valence-electron chi connectivity index (χ2n) is 4.44. The van der Waals surface area contributed by atoms with Crippen molar-refractivity contribution >= 4 is 5.97 Å². The van der Waals surface area contributed by atoms with Crippen molar-refractivity contribution in [3.8, 4) is 0 Å². The number of hydrogen-bond donors (Lipinski definition) is 2. The van der Waals surface area contributed by atoms with Gasteiger partial charge in [0.2, 0.25) is 0 Å². The summed E-state index contributed by atoms with van der Waals surface area (Å²) in [5.41, 5.74) is 6.36. The van der Waals surface area contributed by atoms with Gasteiger partial charge < -0.3 is 10.8 Å². The molecular weight excluding hydrogens is 190 g/mol. The summed E-state index contributed by atoms with van der Waals surface area (Å²) < 4.78 is 0. The smallest absolute Gasteiger partial charge is 0.304 e. The number of fused-ring (bicyclic) bond motifs is 1. The van der Waals surface area contributed by atoms with Crippen molar-refractivity contribution in [2.45, 2.75) is 19.3 Å². The monoisotopic (exact) mass is 206 g/mol. The lowest BCUT2D eigenvalue weighted by Crippen LogP contribution is -2.59. The fourth-order valence-corrected chi connectivity index (χ4v) is 2.48. The molecule has 0 bridgehead atoms. The largest absolute Gasteiger partial charge is 0.481 e. The third-order valence-electron chi connectivity index (χ3n) is 3.31. The van der Waals surface area contributed by atoms with Crippen LogP contribution in [0.3, 0.4) is 0 Å². The number of aliphatic carboxylic acids is 1. The van der Waals surface area contributed by atoms with E-state index in [-0.39, 0.29) is 11.8 Å². The second kappa shape index (κ2) is 3.66. The molecule has 1 aliphatic carbocycles. The van der Waals surface area contributed by atoms with E-state index >= 15 is 0 Å². The van der Waals surface area contributed by atoms with Crippen molar-refractivity contribution in [3.63, 3.8) is 0 Å². The summed E-state index contributed by atoms with van der Waals surface area (Å²) in [4.78, 5) is 10.8. The molecule has 0 fully saturated rings. The first-order valence-corrected chi connectivity index (χ1v) is 5.23. The molecule has 1 aromatic rings. The first-order chi connectivity index (χ1) is 7.15. The molecule has 0 aromatic heterocycles. The Bertz CT molecular complexity index is 362. The lowest BCUT2D eigenvalue weighted by atomic mass is 9.81. The van der Waals surface area contributed by atoms with Gasteiger partial charge in [0.05, 0.1) is 13.0 Å². The van der Waals surface area contributed by atoms with Gasteiger partial charge in [0.1, 0.15) is 0 Å². The maximum Gasteiger partial charge on any atom is 0.304 e. The van der Waals surface area contributed by atoms with Crippen LogP contribution in [0.15, 0.2) is 24.3 Å². The molecule has 0 heterocycles. The third kappa shape index (κ3) is 1.88. The summed E-state index contributed by atoms with van der Waals surface area (Å²) in [5.74, 6) is -0.716. The zero-order chi connectivity index (χ0) is 10.9. The highest BCUT2D eigenvalue weighted by Gasteiger charge is 2.39. The topological polar surface area (TPSA) is 64.9 Å². The first kappa shape index (κ1) is 10.2. The van der Waals surface area contributed by atoms with Crippen LogP contribution in [-0.4, -0.2) is 17.6 Å². The van der Waals surface area contributed by atoms with Crippen LogP contribution in [0.2, 0.25) is 0 Å². The van der Waals surface area contributed by atoms with Gasteiger partial charge in [-0.3, -0.25) is 4.79 Å². The van der Waals surface area contributed by atoms with Crippen LogP contribution in [0.4, 0.5) is 0 Å². The zero-order valence-corrected chi connectivity index (χ0v) is 8.70. The molecule has 0 radical (unpaired) electrons. The minimum atomic E-state index is -0.716. The highest BCUT2D eigenvalue weighted by Crippen LogP contribution is 2.38. The lowest BCUT2D eigenvalue weighted by molar-refractivity contribution is -0.392. The Morgan fingerprint density at radius 1 is 1.33 bits per heavy atom. The molecule has 15 heavy (non-hydrogen) atoms. The summed E-state index contributed by atoms with van der Waals surface area (Å²) >= 11 is 0. The summed E-state index contributed by atoms with van der Waals surface area (Å²) in [7, 11) is 0. The van der Waals surface area contributed by atoms with Gasteiger partial charge in [-0.25, -0.2) is 0 Å². The van der Waals surface area contributed by atoms with E-state index in [1.807, 2.05) is 12.1 Å². The predicted octanol–water partition coefficient (Wildman–Crippen LogP) is 0.488. The van der Waals surface area contributed by atoms with Gasteiger partial charge in [-0.05, 0) is 24.0 Å². The number of carbonyl (C=O) groups is 1. The van der Waals surface area contributed by atoms with Gasteiger partial charge in [-0.1, -0.05) is 24.3 Å². The fourth-order valence-electron chi connectivity index (χ4n) is 2.48. The van der Waals surface area contributed by atoms with Gasteiger partial charge in [0, 0.05) is 5.41 Å². The zero-order valence-electron chi connectivity index (χ0n) is 8.70. The highest BCUT2D eigenvalue weighted by molar-refractivity contribution is 5.68. The van der Waals surface area contributed by atoms with Crippen molar-refractivity contribution in [3.05, 3.63) is 35.4 Å². The van der Waals surface area contributed by atoms with Crippen LogP contribution in [0.1, 0.15) is 17.5 Å². The molecule has 0 saturated heterocycles. The van der Waals surface area contributed by atoms with E-state index in [1.165, 1.54) is 11.1 Å². The minimum absolute atomic E-state index is 0.143. The van der Waals surface area contributed by atoms with Gasteiger partial charge in [0.15, 0.2) is 0 Å². The quantitative estimate of drug-likeness (QED) is 0.755. The molecule has 0 atom stereocenters. The Labute approximate surface area is 88.9 Å². The Morgan fingerprint density at radius 2 is 1.87 bits per heavy atom. The predicted molar refractivity (Wildman–Crippen MR) is 56.3 cm³/mol. The summed E-state index contributed by atoms with van der Waals surface area (Å²) in [6.07, 6.45) is 1.95. The number of benzene rings is 1. The standard InChI is InChI=1S/C12H15NO2/c13-8-12(7-11(14)15)5-9-3-1-2-4-10(9)6-12/h1-4H,5-8,13H2,(H,14,15)/p+1. The molecule has 2 rings (SSSR count). The van der Waals surface area contributed by atoms with Crippen molar-refractivity contribution in [2.75, 3.05) is 6.54 Å². The number of carboxylic acids is 1. The molecule has 3 nitrogen and oxygen atoms in total. The van der Waals surface area contributed by atoms with Gasteiger partial charge in [-0.15, -0.1) is 0 Å². The van der Waals surface area contributed by atoms with E-state index in [9.17, 15) is 4.79 Å². The van der Waals surface area contributed by atoms with Crippen LogP contribution in [0, 0.1) is 5.41 Å². The minimum Gasteiger partial charge on any atom is -0.481 e. The molecule has 0 amide bonds. The van der Waals surface area contributed by atoms with Crippen LogP contribution in [0.25, 0.3) is 0 Å². The number of quaternary nitrogens is 1. The number of rotatable bonds is 3. The maximum atomic E-state index is 10.8. The van der Waals surface area contributed by atoms with Crippen LogP contribution < -0.4 is 5.73 Å². The SMILES string of the molecule is [NH3+]CC1(CC(=O)O)Cc2ccccc2C1. The van der Waals surface area contributed by atoms with Gasteiger partial charge in [-0.2, -0.15) is 0 Å². The Kier molecular flexibility index (Phi) is 2.49. The van der Waals surface area contributed by atoms with E-state index in [2.05, 4.69) is 17.9 Å². The molecule has 80 valence electrons. The highest BCUT2D eigenvalue weighted by atomic mass is 16.4. The maximum absolute atomic E-state index is 10.8. The summed E-state index contributed by atoms with van der Waals surface area (Å²) in [6, 6.07) is 8.21. The molecule has 0 aliphatic heterocycles. The van der Waals surface area contributed by atoms with E-state index in [4.69, 9.17) is 5.11 Å². The fraction of sp³-hybridized carbons (Fsp3) is 0.417. The second-order valence-corrected chi connectivity index (χ2v) is 4.44. The Balaban J connectivity index is 2.25. The molecule has 0 spiro atoms. The van der Waals surface area contributed by atoms with Crippen molar-refractivity contribution < 1.29 is 15.6 Å². The summed E-state index contributed by atoms with van der Waals surface area (Å²) in [6.45, 7) is 0.688. The van der Waals surface area contributed by atoms with Gasteiger partial charge >= 0.3 is 5.97 Å².